The van der Waals surface area contributed by atoms with Gasteiger partial charge in [-0.05, 0) is 12.1 Å². The molecule has 1 aliphatic heterocycles. The highest BCUT2D eigenvalue weighted by atomic mass is 35.5. The van der Waals surface area contributed by atoms with E-state index in [1.165, 1.54) is 18.2 Å². The molecule has 0 saturated carbocycles. The Kier molecular flexibility index (Phi) is 7.37. The summed E-state index contributed by atoms with van der Waals surface area (Å²) in [4.78, 5) is 21.9. The molecule has 1 amide bonds. The monoisotopic (exact) mass is 349 g/mol. The van der Waals surface area contributed by atoms with Gasteiger partial charge < -0.3 is 15.4 Å². The zero-order valence-corrected chi connectivity index (χ0v) is 13.3. The zero-order valence-electron chi connectivity index (χ0n) is 11.7. The average molecular weight is 350 g/mol. The number of nitro groups is 1. The predicted octanol–water partition coefficient (Wildman–Crippen LogP) is 1.77. The second-order valence-electron chi connectivity index (χ2n) is 4.80. The lowest BCUT2D eigenvalue weighted by Crippen LogP contribution is -2.48. The molecular formula is C13H17Cl2N3O4. The van der Waals surface area contributed by atoms with Crippen LogP contribution in [-0.2, 0) is 4.79 Å². The molecule has 122 valence electrons. The lowest BCUT2D eigenvalue weighted by Gasteiger charge is -2.27. The highest BCUT2D eigenvalue weighted by Crippen LogP contribution is 2.29. The minimum atomic E-state index is -0.565. The third-order valence-corrected chi connectivity index (χ3v) is 3.39. The molecule has 1 aliphatic rings. The van der Waals surface area contributed by atoms with Crippen molar-refractivity contribution in [3.8, 4) is 5.75 Å². The molecule has 22 heavy (non-hydrogen) atoms. The lowest BCUT2D eigenvalue weighted by molar-refractivity contribution is -0.385. The van der Waals surface area contributed by atoms with Gasteiger partial charge in [-0.2, -0.15) is 0 Å². The smallest absolute Gasteiger partial charge is 0.312 e. The van der Waals surface area contributed by atoms with Crippen molar-refractivity contribution in [2.75, 3.05) is 26.2 Å². The first-order valence-electron chi connectivity index (χ1n) is 6.60. The molecule has 1 fully saturated rings. The van der Waals surface area contributed by atoms with Crippen molar-refractivity contribution in [3.63, 3.8) is 0 Å². The van der Waals surface area contributed by atoms with E-state index in [2.05, 4.69) is 10.6 Å². The summed E-state index contributed by atoms with van der Waals surface area (Å²) in [6.45, 7) is 2.58. The fourth-order valence-electron chi connectivity index (χ4n) is 1.85. The SMILES string of the molecule is Cl.O=C(CCOc1ccc(Cl)cc1[N+](=O)[O-])NCC1CNC1. The highest BCUT2D eigenvalue weighted by Gasteiger charge is 2.18. The molecule has 0 radical (unpaired) electrons. The molecule has 0 bridgehead atoms. The Balaban J connectivity index is 0.00000242. The van der Waals surface area contributed by atoms with Gasteiger partial charge in [-0.1, -0.05) is 11.6 Å². The van der Waals surface area contributed by atoms with Crippen LogP contribution in [0.3, 0.4) is 0 Å². The maximum absolute atomic E-state index is 11.6. The summed E-state index contributed by atoms with van der Waals surface area (Å²) < 4.78 is 5.30. The van der Waals surface area contributed by atoms with Crippen molar-refractivity contribution in [1.82, 2.24) is 10.6 Å². The van der Waals surface area contributed by atoms with E-state index in [1.807, 2.05) is 0 Å². The molecule has 1 aromatic carbocycles. The van der Waals surface area contributed by atoms with E-state index in [9.17, 15) is 14.9 Å². The van der Waals surface area contributed by atoms with E-state index in [0.29, 0.717) is 12.5 Å². The van der Waals surface area contributed by atoms with E-state index in [-0.39, 0.29) is 47.8 Å². The van der Waals surface area contributed by atoms with Crippen LogP contribution in [0.1, 0.15) is 6.42 Å². The van der Waals surface area contributed by atoms with Crippen molar-refractivity contribution in [1.29, 1.82) is 0 Å². The molecule has 0 aliphatic carbocycles. The van der Waals surface area contributed by atoms with Gasteiger partial charge in [0.05, 0.1) is 18.0 Å². The number of hydrogen-bond donors (Lipinski definition) is 2. The Morgan fingerprint density at radius 2 is 2.23 bits per heavy atom. The van der Waals surface area contributed by atoms with Gasteiger partial charge >= 0.3 is 5.69 Å². The van der Waals surface area contributed by atoms with Crippen molar-refractivity contribution >= 4 is 35.6 Å². The first-order chi connectivity index (χ1) is 10.1. The second kappa shape index (κ2) is 8.77. The minimum absolute atomic E-state index is 0. The van der Waals surface area contributed by atoms with Gasteiger partial charge in [0.1, 0.15) is 0 Å². The third kappa shape index (κ3) is 5.32. The normalized spacial score (nSPS) is 13.7. The van der Waals surface area contributed by atoms with Crippen LogP contribution in [0.4, 0.5) is 5.69 Å². The van der Waals surface area contributed by atoms with Gasteiger partial charge in [0, 0.05) is 36.6 Å². The molecular weight excluding hydrogens is 333 g/mol. The first-order valence-corrected chi connectivity index (χ1v) is 6.98. The number of carbonyl (C=O) groups excluding carboxylic acids is 1. The third-order valence-electron chi connectivity index (χ3n) is 3.16. The molecule has 0 unspecified atom stereocenters. The standard InChI is InChI=1S/C13H16ClN3O4.ClH/c14-10-1-2-12(11(5-10)17(19)20)21-4-3-13(18)16-8-9-6-15-7-9;/h1-2,5,9,15H,3-4,6-8H2,(H,16,18);1H. The van der Waals surface area contributed by atoms with Gasteiger partial charge in [-0.25, -0.2) is 0 Å². The molecule has 0 aromatic heterocycles. The molecule has 1 heterocycles. The number of carbonyl (C=O) groups is 1. The number of rotatable bonds is 7. The molecule has 0 spiro atoms. The molecule has 1 aromatic rings. The number of hydrogen-bond acceptors (Lipinski definition) is 5. The van der Waals surface area contributed by atoms with Crippen molar-refractivity contribution < 1.29 is 14.5 Å². The number of benzene rings is 1. The number of ether oxygens (including phenoxy) is 1. The summed E-state index contributed by atoms with van der Waals surface area (Å²) in [5, 5.41) is 17.1. The maximum Gasteiger partial charge on any atom is 0.312 e. The van der Waals surface area contributed by atoms with E-state index in [4.69, 9.17) is 16.3 Å². The topological polar surface area (TPSA) is 93.5 Å². The van der Waals surface area contributed by atoms with Gasteiger partial charge in [-0.3, -0.25) is 14.9 Å². The lowest BCUT2D eigenvalue weighted by atomic mass is 10.0. The Morgan fingerprint density at radius 1 is 1.50 bits per heavy atom. The average Bonchev–Trinajstić information content (AvgIpc) is 2.38. The van der Waals surface area contributed by atoms with Crippen molar-refractivity contribution in [2.45, 2.75) is 6.42 Å². The number of halogens is 2. The molecule has 2 N–H and O–H groups in total. The van der Waals surface area contributed by atoms with E-state index < -0.39 is 4.92 Å². The Hall–Kier alpha value is -1.57. The Bertz CT molecular complexity index is 538. The van der Waals surface area contributed by atoms with E-state index >= 15 is 0 Å². The second-order valence-corrected chi connectivity index (χ2v) is 5.23. The Labute approximate surface area is 138 Å². The van der Waals surface area contributed by atoms with Gasteiger partial charge in [0.2, 0.25) is 5.91 Å². The number of nitro benzene ring substituents is 1. The molecule has 7 nitrogen and oxygen atoms in total. The maximum atomic E-state index is 11.6. The molecule has 1 saturated heterocycles. The fourth-order valence-corrected chi connectivity index (χ4v) is 2.01. The van der Waals surface area contributed by atoms with Crippen molar-refractivity contribution in [3.05, 3.63) is 33.3 Å². The largest absolute Gasteiger partial charge is 0.486 e. The van der Waals surface area contributed by atoms with Crippen LogP contribution in [0.2, 0.25) is 5.02 Å². The first kappa shape index (κ1) is 18.5. The van der Waals surface area contributed by atoms with Gasteiger partial charge in [-0.15, -0.1) is 12.4 Å². The minimum Gasteiger partial charge on any atom is -0.486 e. The van der Waals surface area contributed by atoms with Crippen LogP contribution in [0.5, 0.6) is 5.75 Å². The van der Waals surface area contributed by atoms with Gasteiger partial charge in [0.15, 0.2) is 5.75 Å². The Morgan fingerprint density at radius 3 is 2.82 bits per heavy atom. The fraction of sp³-hybridized carbons (Fsp3) is 0.462. The van der Waals surface area contributed by atoms with Crippen LogP contribution >= 0.6 is 24.0 Å². The summed E-state index contributed by atoms with van der Waals surface area (Å²) in [6.07, 6.45) is 0.153. The molecule has 9 heteroatoms. The number of nitrogens with one attached hydrogen (secondary N) is 2. The van der Waals surface area contributed by atoms with Crippen LogP contribution in [0.25, 0.3) is 0 Å². The van der Waals surface area contributed by atoms with Crippen molar-refractivity contribution in [2.24, 2.45) is 5.92 Å². The quantitative estimate of drug-likeness (QED) is 0.578. The molecule has 2 rings (SSSR count). The molecule has 0 atom stereocenters. The van der Waals surface area contributed by atoms with Crippen LogP contribution < -0.4 is 15.4 Å². The van der Waals surface area contributed by atoms with Crippen LogP contribution in [0.15, 0.2) is 18.2 Å². The summed E-state index contributed by atoms with van der Waals surface area (Å²) in [5.74, 6) is 0.478. The van der Waals surface area contributed by atoms with Crippen LogP contribution in [-0.4, -0.2) is 37.1 Å². The van der Waals surface area contributed by atoms with E-state index in [1.54, 1.807) is 0 Å². The number of amides is 1. The zero-order chi connectivity index (χ0) is 15.2. The summed E-state index contributed by atoms with van der Waals surface area (Å²) >= 11 is 5.71. The summed E-state index contributed by atoms with van der Waals surface area (Å²) in [6, 6.07) is 4.16. The van der Waals surface area contributed by atoms with E-state index in [0.717, 1.165) is 13.1 Å². The van der Waals surface area contributed by atoms with Gasteiger partial charge in [0.25, 0.3) is 0 Å². The number of nitrogens with zero attached hydrogens (tertiary/aromatic N) is 1. The summed E-state index contributed by atoms with van der Waals surface area (Å²) in [5.41, 5.74) is -0.205. The van der Waals surface area contributed by atoms with Crippen LogP contribution in [0, 0.1) is 16.0 Å². The predicted molar refractivity (Wildman–Crippen MR) is 84.8 cm³/mol. The highest BCUT2D eigenvalue weighted by molar-refractivity contribution is 6.30. The summed E-state index contributed by atoms with van der Waals surface area (Å²) in [7, 11) is 0.